The minimum absolute atomic E-state index is 0.0519. The second-order valence-corrected chi connectivity index (χ2v) is 6.11. The van der Waals surface area contributed by atoms with E-state index in [0.717, 1.165) is 17.4 Å². The van der Waals surface area contributed by atoms with Crippen LogP contribution in [0.25, 0.3) is 0 Å². The number of carbonyl (C=O) groups excluding carboxylic acids is 1. The van der Waals surface area contributed by atoms with E-state index in [1.807, 2.05) is 19.1 Å². The third-order valence-electron chi connectivity index (χ3n) is 4.05. The number of alkyl halides is 1. The third kappa shape index (κ3) is 3.56. The summed E-state index contributed by atoms with van der Waals surface area (Å²) in [6.07, 6.45) is 7.92. The highest BCUT2D eigenvalue weighted by Crippen LogP contribution is 2.37. The van der Waals surface area contributed by atoms with Gasteiger partial charge >= 0.3 is 0 Å². The summed E-state index contributed by atoms with van der Waals surface area (Å²) in [7, 11) is 0. The largest absolute Gasteiger partial charge is 0.350 e. The van der Waals surface area contributed by atoms with Crippen LogP contribution in [0.1, 0.15) is 48.2 Å². The van der Waals surface area contributed by atoms with Gasteiger partial charge in [-0.05, 0) is 36.8 Å². The minimum atomic E-state index is -0.0519. The summed E-state index contributed by atoms with van der Waals surface area (Å²) < 4.78 is 0. The van der Waals surface area contributed by atoms with Crippen molar-refractivity contribution in [3.63, 3.8) is 0 Å². The van der Waals surface area contributed by atoms with Crippen molar-refractivity contribution in [2.45, 2.75) is 39.0 Å². The van der Waals surface area contributed by atoms with Gasteiger partial charge in [0.2, 0.25) is 0 Å². The highest BCUT2D eigenvalue weighted by atomic mass is 79.9. The number of rotatable bonds is 4. The molecule has 1 aromatic rings. The van der Waals surface area contributed by atoms with Crippen molar-refractivity contribution in [2.24, 2.45) is 5.41 Å². The van der Waals surface area contributed by atoms with Crippen LogP contribution >= 0.6 is 15.9 Å². The molecule has 4 heteroatoms. The van der Waals surface area contributed by atoms with E-state index in [0.29, 0.717) is 5.69 Å². The van der Waals surface area contributed by atoms with E-state index < -0.39 is 0 Å². The second kappa shape index (κ2) is 6.51. The van der Waals surface area contributed by atoms with Gasteiger partial charge in [-0.3, -0.25) is 9.78 Å². The van der Waals surface area contributed by atoms with Gasteiger partial charge in [0.15, 0.2) is 0 Å². The Morgan fingerprint density at radius 2 is 2.16 bits per heavy atom. The molecule has 0 aromatic carbocycles. The first-order valence-corrected chi connectivity index (χ1v) is 8.05. The number of nitrogens with one attached hydrogen (secondary N) is 1. The monoisotopic (exact) mass is 324 g/mol. The molecule has 0 aliphatic heterocycles. The summed E-state index contributed by atoms with van der Waals surface area (Å²) in [5.74, 6) is -0.0519. The summed E-state index contributed by atoms with van der Waals surface area (Å²) in [5, 5.41) is 4.03. The van der Waals surface area contributed by atoms with Crippen LogP contribution in [-0.2, 0) is 0 Å². The number of halogens is 1. The normalized spacial score (nSPS) is 18.0. The van der Waals surface area contributed by atoms with Crippen molar-refractivity contribution >= 4 is 21.8 Å². The average molecular weight is 325 g/mol. The summed E-state index contributed by atoms with van der Waals surface area (Å²) in [6.45, 7) is 2.66. The number of carbonyl (C=O) groups is 1. The fourth-order valence-electron chi connectivity index (χ4n) is 2.73. The zero-order valence-corrected chi connectivity index (χ0v) is 13.0. The van der Waals surface area contributed by atoms with Crippen LogP contribution in [0.5, 0.6) is 0 Å². The summed E-state index contributed by atoms with van der Waals surface area (Å²) in [5.41, 5.74) is 1.70. The van der Waals surface area contributed by atoms with Crippen molar-refractivity contribution < 1.29 is 4.79 Å². The first-order chi connectivity index (χ1) is 9.17. The number of amides is 1. The lowest BCUT2D eigenvalue weighted by molar-refractivity contribution is 0.0916. The number of nitrogens with zero attached hydrogens (tertiary/aromatic N) is 1. The maximum Gasteiger partial charge on any atom is 0.270 e. The molecule has 1 saturated carbocycles. The standard InChI is InChI=1S/C15H21BrN2O/c1-12-6-5-9-17-13(12)14(19)18-11-15(10-16)7-3-2-4-8-15/h5-6,9H,2-4,7-8,10-11H2,1H3,(H,18,19). The van der Waals surface area contributed by atoms with Crippen LogP contribution in [0.15, 0.2) is 18.3 Å². The smallest absolute Gasteiger partial charge is 0.270 e. The highest BCUT2D eigenvalue weighted by Gasteiger charge is 2.31. The fourth-order valence-corrected chi connectivity index (χ4v) is 3.49. The number of hydrogen-bond acceptors (Lipinski definition) is 2. The summed E-state index contributed by atoms with van der Waals surface area (Å²) >= 11 is 3.62. The first-order valence-electron chi connectivity index (χ1n) is 6.93. The quantitative estimate of drug-likeness (QED) is 0.862. The Bertz CT molecular complexity index is 442. The van der Waals surface area contributed by atoms with E-state index in [-0.39, 0.29) is 11.3 Å². The summed E-state index contributed by atoms with van der Waals surface area (Å²) in [4.78, 5) is 16.3. The van der Waals surface area contributed by atoms with Crippen LogP contribution < -0.4 is 5.32 Å². The molecule has 0 unspecified atom stereocenters. The van der Waals surface area contributed by atoms with Gasteiger partial charge in [-0.2, -0.15) is 0 Å². The fraction of sp³-hybridized carbons (Fsp3) is 0.600. The van der Waals surface area contributed by atoms with E-state index in [4.69, 9.17) is 0 Å². The highest BCUT2D eigenvalue weighted by molar-refractivity contribution is 9.09. The van der Waals surface area contributed by atoms with Crippen LogP contribution in [0, 0.1) is 12.3 Å². The molecule has 1 N–H and O–H groups in total. The Kier molecular flexibility index (Phi) is 4.97. The molecule has 1 fully saturated rings. The molecule has 2 rings (SSSR count). The van der Waals surface area contributed by atoms with E-state index in [1.54, 1.807) is 6.20 Å². The molecular formula is C15H21BrN2O. The zero-order valence-electron chi connectivity index (χ0n) is 11.4. The lowest BCUT2D eigenvalue weighted by Crippen LogP contribution is -2.40. The molecule has 1 amide bonds. The molecule has 0 spiro atoms. The van der Waals surface area contributed by atoms with E-state index in [1.165, 1.54) is 32.1 Å². The Hall–Kier alpha value is -0.900. The van der Waals surface area contributed by atoms with Gasteiger partial charge in [-0.25, -0.2) is 0 Å². The molecule has 1 heterocycles. The molecule has 0 saturated heterocycles. The third-order valence-corrected chi connectivity index (χ3v) is 5.24. The van der Waals surface area contributed by atoms with Crippen LogP contribution in [0.2, 0.25) is 0 Å². The van der Waals surface area contributed by atoms with Crippen molar-refractivity contribution in [3.05, 3.63) is 29.6 Å². The van der Waals surface area contributed by atoms with Crippen molar-refractivity contribution in [1.82, 2.24) is 10.3 Å². The molecule has 0 radical (unpaired) electrons. The van der Waals surface area contributed by atoms with Crippen molar-refractivity contribution in [2.75, 3.05) is 11.9 Å². The van der Waals surface area contributed by atoms with E-state index >= 15 is 0 Å². The Balaban J connectivity index is 1.98. The van der Waals surface area contributed by atoms with Gasteiger partial charge in [0.05, 0.1) is 0 Å². The molecule has 0 atom stereocenters. The number of aryl methyl sites for hydroxylation is 1. The maximum absolute atomic E-state index is 12.2. The van der Waals surface area contributed by atoms with Gasteiger partial charge in [0, 0.05) is 18.1 Å². The number of aromatic nitrogens is 1. The molecule has 104 valence electrons. The number of hydrogen-bond donors (Lipinski definition) is 1. The van der Waals surface area contributed by atoms with Gasteiger partial charge in [-0.15, -0.1) is 0 Å². The lowest BCUT2D eigenvalue weighted by atomic mass is 9.75. The van der Waals surface area contributed by atoms with Gasteiger partial charge in [0.25, 0.3) is 5.91 Å². The molecule has 3 nitrogen and oxygen atoms in total. The first kappa shape index (κ1) is 14.5. The molecule has 1 aromatic heterocycles. The van der Waals surface area contributed by atoms with Gasteiger partial charge in [-0.1, -0.05) is 41.3 Å². The lowest BCUT2D eigenvalue weighted by Gasteiger charge is -2.35. The molecular weight excluding hydrogens is 304 g/mol. The average Bonchev–Trinajstić information content (AvgIpc) is 2.46. The predicted octanol–water partition coefficient (Wildman–Crippen LogP) is 3.47. The van der Waals surface area contributed by atoms with Gasteiger partial charge in [0.1, 0.15) is 5.69 Å². The topological polar surface area (TPSA) is 42.0 Å². The molecule has 0 bridgehead atoms. The Labute approximate surface area is 123 Å². The minimum Gasteiger partial charge on any atom is -0.350 e. The second-order valence-electron chi connectivity index (χ2n) is 5.55. The number of pyridine rings is 1. The Morgan fingerprint density at radius 3 is 2.79 bits per heavy atom. The molecule has 1 aliphatic carbocycles. The Morgan fingerprint density at radius 1 is 1.42 bits per heavy atom. The summed E-state index contributed by atoms with van der Waals surface area (Å²) in [6, 6.07) is 3.77. The van der Waals surface area contributed by atoms with Crippen LogP contribution in [0.4, 0.5) is 0 Å². The maximum atomic E-state index is 12.2. The SMILES string of the molecule is Cc1cccnc1C(=O)NCC1(CBr)CCCCC1. The van der Waals surface area contributed by atoms with Gasteiger partial charge < -0.3 is 5.32 Å². The van der Waals surface area contributed by atoms with Crippen molar-refractivity contribution in [1.29, 1.82) is 0 Å². The van der Waals surface area contributed by atoms with E-state index in [2.05, 4.69) is 26.2 Å². The molecule has 19 heavy (non-hydrogen) atoms. The molecule has 1 aliphatic rings. The van der Waals surface area contributed by atoms with Crippen LogP contribution in [0.3, 0.4) is 0 Å². The van der Waals surface area contributed by atoms with Crippen LogP contribution in [-0.4, -0.2) is 22.8 Å². The van der Waals surface area contributed by atoms with Crippen molar-refractivity contribution in [3.8, 4) is 0 Å². The predicted molar refractivity (Wildman–Crippen MR) is 80.6 cm³/mol. The van der Waals surface area contributed by atoms with E-state index in [9.17, 15) is 4.79 Å². The zero-order chi connectivity index (χ0) is 13.7.